The molecule has 0 radical (unpaired) electrons. The third-order valence-electron chi connectivity index (χ3n) is 5.38. The molecule has 2 amide bonds. The van der Waals surface area contributed by atoms with Crippen molar-refractivity contribution in [3.63, 3.8) is 0 Å². The van der Waals surface area contributed by atoms with Crippen molar-refractivity contribution in [1.82, 2.24) is 10.2 Å². The maximum atomic E-state index is 14.1. The van der Waals surface area contributed by atoms with Gasteiger partial charge in [0.15, 0.2) is 0 Å². The number of likely N-dealkylation sites (tertiary alicyclic amines) is 1. The fourth-order valence-corrected chi connectivity index (χ4v) is 3.71. The molecule has 1 heterocycles. The lowest BCUT2D eigenvalue weighted by Crippen LogP contribution is -2.36. The van der Waals surface area contributed by atoms with E-state index in [1.54, 1.807) is 17.0 Å². The van der Waals surface area contributed by atoms with Gasteiger partial charge < -0.3 is 10.2 Å². The minimum atomic E-state index is -0.532. The monoisotopic (exact) mass is 382 g/mol. The van der Waals surface area contributed by atoms with Crippen molar-refractivity contribution < 1.29 is 14.0 Å². The fraction of sp³-hybridized carbons (Fsp3) is 0.391. The molecule has 3 rings (SSSR count). The van der Waals surface area contributed by atoms with Crippen molar-refractivity contribution in [1.29, 1.82) is 0 Å². The van der Waals surface area contributed by atoms with Crippen LogP contribution in [-0.4, -0.2) is 36.3 Å². The van der Waals surface area contributed by atoms with Gasteiger partial charge in [-0.15, -0.1) is 0 Å². The SMILES string of the molecule is CCCCNC(=O)C1CN(C(=O)c2ccccc2F)CC1c1ccc(C)cc1. The molecular weight excluding hydrogens is 355 g/mol. The topological polar surface area (TPSA) is 49.4 Å². The molecule has 148 valence electrons. The summed E-state index contributed by atoms with van der Waals surface area (Å²) in [5, 5.41) is 3.00. The van der Waals surface area contributed by atoms with Gasteiger partial charge in [-0.3, -0.25) is 9.59 Å². The van der Waals surface area contributed by atoms with Gasteiger partial charge in [-0.25, -0.2) is 4.39 Å². The molecule has 4 nitrogen and oxygen atoms in total. The molecule has 0 aromatic heterocycles. The minimum Gasteiger partial charge on any atom is -0.356 e. The first-order chi connectivity index (χ1) is 13.5. The maximum Gasteiger partial charge on any atom is 0.256 e. The van der Waals surface area contributed by atoms with E-state index in [0.29, 0.717) is 19.6 Å². The minimum absolute atomic E-state index is 0.0390. The van der Waals surface area contributed by atoms with Crippen molar-refractivity contribution >= 4 is 11.8 Å². The van der Waals surface area contributed by atoms with Crippen LogP contribution < -0.4 is 5.32 Å². The highest BCUT2D eigenvalue weighted by Gasteiger charge is 2.40. The van der Waals surface area contributed by atoms with Crippen LogP contribution in [0.1, 0.15) is 47.2 Å². The van der Waals surface area contributed by atoms with E-state index in [1.807, 2.05) is 31.2 Å². The van der Waals surface area contributed by atoms with Crippen LogP contribution in [0, 0.1) is 18.7 Å². The number of amides is 2. The summed E-state index contributed by atoms with van der Waals surface area (Å²) in [5.74, 6) is -1.37. The standard InChI is InChI=1S/C23H27FN2O2/c1-3-4-13-25-22(27)20-15-26(23(28)18-7-5-6-8-21(18)24)14-19(20)17-11-9-16(2)10-12-17/h5-12,19-20H,3-4,13-15H2,1-2H3,(H,25,27). The van der Waals surface area contributed by atoms with Crippen LogP contribution in [-0.2, 0) is 4.79 Å². The van der Waals surface area contributed by atoms with Gasteiger partial charge in [0.05, 0.1) is 11.5 Å². The molecule has 0 aliphatic carbocycles. The number of aryl methyl sites for hydroxylation is 1. The highest BCUT2D eigenvalue weighted by molar-refractivity contribution is 5.95. The number of hydrogen-bond donors (Lipinski definition) is 1. The highest BCUT2D eigenvalue weighted by atomic mass is 19.1. The number of carbonyl (C=O) groups is 2. The molecule has 28 heavy (non-hydrogen) atoms. The molecule has 2 atom stereocenters. The smallest absolute Gasteiger partial charge is 0.256 e. The van der Waals surface area contributed by atoms with Crippen LogP contribution in [0.4, 0.5) is 4.39 Å². The summed E-state index contributed by atoms with van der Waals surface area (Å²) in [6.45, 7) is 5.42. The second-order valence-corrected chi connectivity index (χ2v) is 7.46. The Labute approximate surface area is 165 Å². The zero-order chi connectivity index (χ0) is 20.1. The van der Waals surface area contributed by atoms with E-state index in [9.17, 15) is 14.0 Å². The van der Waals surface area contributed by atoms with E-state index >= 15 is 0 Å². The molecule has 0 bridgehead atoms. The van der Waals surface area contributed by atoms with Crippen molar-refractivity contribution in [2.75, 3.05) is 19.6 Å². The van der Waals surface area contributed by atoms with Crippen LogP contribution in [0.15, 0.2) is 48.5 Å². The molecule has 2 aromatic carbocycles. The Morgan fingerprint density at radius 1 is 1.11 bits per heavy atom. The number of halogens is 1. The second kappa shape index (κ2) is 9.00. The average molecular weight is 382 g/mol. The van der Waals surface area contributed by atoms with Crippen LogP contribution in [0.5, 0.6) is 0 Å². The molecule has 0 spiro atoms. The van der Waals surface area contributed by atoms with Gasteiger partial charge in [0, 0.05) is 25.6 Å². The Bertz CT molecular complexity index is 835. The average Bonchev–Trinajstić information content (AvgIpc) is 3.14. The molecule has 1 saturated heterocycles. The first-order valence-electron chi connectivity index (χ1n) is 9.89. The summed E-state index contributed by atoms with van der Waals surface area (Å²) in [4.78, 5) is 27.3. The van der Waals surface area contributed by atoms with Crippen LogP contribution in [0.25, 0.3) is 0 Å². The third kappa shape index (κ3) is 4.41. The van der Waals surface area contributed by atoms with Gasteiger partial charge in [0.1, 0.15) is 5.82 Å². The van der Waals surface area contributed by atoms with Crippen molar-refractivity contribution in [3.8, 4) is 0 Å². The van der Waals surface area contributed by atoms with Crippen molar-refractivity contribution in [2.24, 2.45) is 5.92 Å². The molecule has 2 aromatic rings. The number of unbranched alkanes of at least 4 members (excludes halogenated alkanes) is 1. The van der Waals surface area contributed by atoms with Gasteiger partial charge in [0.25, 0.3) is 5.91 Å². The number of nitrogens with one attached hydrogen (secondary N) is 1. The molecule has 0 saturated carbocycles. The van der Waals surface area contributed by atoms with E-state index < -0.39 is 5.82 Å². The van der Waals surface area contributed by atoms with E-state index in [1.165, 1.54) is 12.1 Å². The lowest BCUT2D eigenvalue weighted by atomic mass is 9.88. The lowest BCUT2D eigenvalue weighted by molar-refractivity contribution is -0.124. The molecule has 1 aliphatic heterocycles. The normalized spacial score (nSPS) is 18.9. The van der Waals surface area contributed by atoms with Gasteiger partial charge in [-0.05, 0) is 31.0 Å². The van der Waals surface area contributed by atoms with Gasteiger partial charge in [-0.1, -0.05) is 55.3 Å². The predicted molar refractivity (Wildman–Crippen MR) is 108 cm³/mol. The van der Waals surface area contributed by atoms with E-state index in [4.69, 9.17) is 0 Å². The Morgan fingerprint density at radius 3 is 2.50 bits per heavy atom. The molecule has 1 N–H and O–H groups in total. The van der Waals surface area contributed by atoms with Crippen molar-refractivity contribution in [3.05, 3.63) is 71.0 Å². The molecule has 1 fully saturated rings. The second-order valence-electron chi connectivity index (χ2n) is 7.46. The first-order valence-corrected chi connectivity index (χ1v) is 9.89. The summed E-state index contributed by atoms with van der Waals surface area (Å²) in [6.07, 6.45) is 1.93. The third-order valence-corrected chi connectivity index (χ3v) is 5.38. The molecule has 2 unspecified atom stereocenters. The molecule has 1 aliphatic rings. The number of hydrogen-bond acceptors (Lipinski definition) is 2. The van der Waals surface area contributed by atoms with Gasteiger partial charge in [-0.2, -0.15) is 0 Å². The summed E-state index contributed by atoms with van der Waals surface area (Å²) in [5.41, 5.74) is 2.23. The zero-order valence-corrected chi connectivity index (χ0v) is 16.5. The molecule has 5 heteroatoms. The van der Waals surface area contributed by atoms with Crippen LogP contribution in [0.2, 0.25) is 0 Å². The molecular formula is C23H27FN2O2. The summed E-state index contributed by atoms with van der Waals surface area (Å²) in [6, 6.07) is 14.1. The van der Waals surface area contributed by atoms with Gasteiger partial charge in [0.2, 0.25) is 5.91 Å². The summed E-state index contributed by atoms with van der Waals surface area (Å²) in [7, 11) is 0. The van der Waals surface area contributed by atoms with E-state index in [-0.39, 0.29) is 29.2 Å². The number of rotatable bonds is 6. The van der Waals surface area contributed by atoms with E-state index in [2.05, 4.69) is 12.2 Å². The Hall–Kier alpha value is -2.69. The predicted octanol–water partition coefficient (Wildman–Crippen LogP) is 3.91. The van der Waals surface area contributed by atoms with Crippen molar-refractivity contribution in [2.45, 2.75) is 32.6 Å². The number of nitrogens with zero attached hydrogens (tertiary/aromatic N) is 1. The van der Waals surface area contributed by atoms with Gasteiger partial charge >= 0.3 is 0 Å². The largest absolute Gasteiger partial charge is 0.356 e. The lowest BCUT2D eigenvalue weighted by Gasteiger charge is -2.18. The van der Waals surface area contributed by atoms with E-state index in [0.717, 1.165) is 24.0 Å². The fourth-order valence-electron chi connectivity index (χ4n) is 3.71. The van der Waals surface area contributed by atoms with Crippen LogP contribution >= 0.6 is 0 Å². The number of carbonyl (C=O) groups excluding carboxylic acids is 2. The Kier molecular flexibility index (Phi) is 6.45. The maximum absolute atomic E-state index is 14.1. The first kappa shape index (κ1) is 20.1. The summed E-state index contributed by atoms with van der Waals surface area (Å²) >= 11 is 0. The Morgan fingerprint density at radius 2 is 1.82 bits per heavy atom. The number of benzene rings is 2. The van der Waals surface area contributed by atoms with Crippen LogP contribution in [0.3, 0.4) is 0 Å². The quantitative estimate of drug-likeness (QED) is 0.770. The highest BCUT2D eigenvalue weighted by Crippen LogP contribution is 2.34. The summed E-state index contributed by atoms with van der Waals surface area (Å²) < 4.78 is 14.1. The zero-order valence-electron chi connectivity index (χ0n) is 16.5. The Balaban J connectivity index is 1.83.